The Bertz CT molecular complexity index is 969. The fourth-order valence-corrected chi connectivity index (χ4v) is 5.20. The molecule has 1 aliphatic heterocycles. The molecule has 3 N–H and O–H groups in total. The summed E-state index contributed by atoms with van der Waals surface area (Å²) >= 11 is 1.43. The normalized spacial score (nSPS) is 15.9. The minimum atomic E-state index is -0.511. The van der Waals surface area contributed by atoms with Crippen LogP contribution in [0.2, 0.25) is 0 Å². The van der Waals surface area contributed by atoms with Crippen LogP contribution in [0.1, 0.15) is 46.5 Å². The van der Waals surface area contributed by atoms with Gasteiger partial charge in [-0.1, -0.05) is 6.07 Å². The first-order chi connectivity index (χ1) is 14.0. The number of benzene rings is 1. The lowest BCUT2D eigenvalue weighted by molar-refractivity contribution is -0.118. The number of rotatable bonds is 6. The highest BCUT2D eigenvalue weighted by Crippen LogP contribution is 2.37. The number of anilines is 2. The SMILES string of the molecule is NC(=O)c1c(NC(=O)COc2cccc(N3CCCC3=O)c2)sc2c1CCCC2. The van der Waals surface area contributed by atoms with E-state index in [2.05, 4.69) is 5.32 Å². The Morgan fingerprint density at radius 3 is 2.76 bits per heavy atom. The number of hydrogen-bond acceptors (Lipinski definition) is 5. The summed E-state index contributed by atoms with van der Waals surface area (Å²) in [4.78, 5) is 39.1. The Labute approximate surface area is 172 Å². The number of nitrogens with two attached hydrogens (primary N) is 1. The summed E-state index contributed by atoms with van der Waals surface area (Å²) < 4.78 is 5.62. The maximum Gasteiger partial charge on any atom is 0.262 e. The molecule has 0 unspecified atom stereocenters. The van der Waals surface area contributed by atoms with Gasteiger partial charge >= 0.3 is 0 Å². The first-order valence-electron chi connectivity index (χ1n) is 9.80. The van der Waals surface area contributed by atoms with Gasteiger partial charge in [0.15, 0.2) is 6.61 Å². The number of aryl methyl sites for hydroxylation is 1. The first kappa shape index (κ1) is 19.4. The zero-order chi connectivity index (χ0) is 20.4. The Balaban J connectivity index is 1.42. The number of hydrogen-bond donors (Lipinski definition) is 2. The molecule has 1 fully saturated rings. The highest BCUT2D eigenvalue weighted by Gasteiger charge is 2.25. The number of fused-ring (bicyclic) bond motifs is 1. The van der Waals surface area contributed by atoms with Gasteiger partial charge in [-0.2, -0.15) is 0 Å². The largest absolute Gasteiger partial charge is 0.484 e. The third kappa shape index (κ3) is 4.12. The van der Waals surface area contributed by atoms with Crippen LogP contribution < -0.4 is 20.7 Å². The number of nitrogens with one attached hydrogen (secondary N) is 1. The van der Waals surface area contributed by atoms with Crippen molar-refractivity contribution in [1.82, 2.24) is 0 Å². The zero-order valence-electron chi connectivity index (χ0n) is 16.0. The van der Waals surface area contributed by atoms with Gasteiger partial charge in [0, 0.05) is 29.6 Å². The van der Waals surface area contributed by atoms with E-state index < -0.39 is 5.91 Å². The molecule has 4 rings (SSSR count). The Morgan fingerprint density at radius 1 is 1.17 bits per heavy atom. The molecule has 1 saturated heterocycles. The van der Waals surface area contributed by atoms with Crippen molar-refractivity contribution in [2.45, 2.75) is 38.5 Å². The van der Waals surface area contributed by atoms with E-state index in [-0.39, 0.29) is 18.4 Å². The molecule has 0 bridgehead atoms. The maximum atomic E-state index is 12.4. The van der Waals surface area contributed by atoms with E-state index in [9.17, 15) is 14.4 Å². The van der Waals surface area contributed by atoms with Gasteiger partial charge in [0.2, 0.25) is 5.91 Å². The molecule has 152 valence electrons. The van der Waals surface area contributed by atoms with E-state index in [4.69, 9.17) is 10.5 Å². The monoisotopic (exact) mass is 413 g/mol. The molecule has 8 heteroatoms. The molecule has 2 heterocycles. The molecule has 1 aromatic heterocycles. The van der Waals surface area contributed by atoms with Crippen molar-refractivity contribution < 1.29 is 19.1 Å². The second-order valence-corrected chi connectivity index (χ2v) is 8.37. The molecule has 1 aliphatic carbocycles. The summed E-state index contributed by atoms with van der Waals surface area (Å²) in [5.41, 5.74) is 7.75. The van der Waals surface area contributed by atoms with Crippen LogP contribution in [0.15, 0.2) is 24.3 Å². The summed E-state index contributed by atoms with van der Waals surface area (Å²) in [6.07, 6.45) is 5.24. The lowest BCUT2D eigenvalue weighted by Gasteiger charge is -2.16. The molecule has 2 aliphatic rings. The highest BCUT2D eigenvalue weighted by molar-refractivity contribution is 7.17. The van der Waals surface area contributed by atoms with Gasteiger partial charge in [-0.25, -0.2) is 0 Å². The number of primary amides is 1. The highest BCUT2D eigenvalue weighted by atomic mass is 32.1. The van der Waals surface area contributed by atoms with Crippen molar-refractivity contribution in [3.63, 3.8) is 0 Å². The van der Waals surface area contributed by atoms with Crippen molar-refractivity contribution in [2.75, 3.05) is 23.4 Å². The van der Waals surface area contributed by atoms with Gasteiger partial charge < -0.3 is 20.7 Å². The molecular weight excluding hydrogens is 390 g/mol. The maximum absolute atomic E-state index is 12.4. The molecule has 0 atom stereocenters. The van der Waals surface area contributed by atoms with E-state index in [1.807, 2.05) is 6.07 Å². The van der Waals surface area contributed by atoms with Crippen LogP contribution in [-0.2, 0) is 22.4 Å². The van der Waals surface area contributed by atoms with Crippen LogP contribution in [0.4, 0.5) is 10.7 Å². The van der Waals surface area contributed by atoms with E-state index >= 15 is 0 Å². The topological polar surface area (TPSA) is 102 Å². The van der Waals surface area contributed by atoms with Crippen molar-refractivity contribution >= 4 is 39.7 Å². The van der Waals surface area contributed by atoms with Gasteiger partial charge in [-0.05, 0) is 49.8 Å². The third-order valence-corrected chi connectivity index (χ3v) is 6.45. The Hall–Kier alpha value is -2.87. The van der Waals surface area contributed by atoms with Crippen LogP contribution in [-0.4, -0.2) is 30.9 Å². The lowest BCUT2D eigenvalue weighted by Crippen LogP contribution is -2.24. The van der Waals surface area contributed by atoms with Gasteiger partial charge in [0.25, 0.3) is 11.8 Å². The number of amides is 3. The van der Waals surface area contributed by atoms with E-state index in [0.29, 0.717) is 29.3 Å². The van der Waals surface area contributed by atoms with Crippen LogP contribution in [0, 0.1) is 0 Å². The zero-order valence-corrected chi connectivity index (χ0v) is 16.8. The smallest absolute Gasteiger partial charge is 0.262 e. The second-order valence-electron chi connectivity index (χ2n) is 7.26. The van der Waals surface area contributed by atoms with Crippen LogP contribution in [0.25, 0.3) is 0 Å². The Kier molecular flexibility index (Phi) is 5.53. The molecular formula is C21H23N3O4S. The van der Waals surface area contributed by atoms with Crippen LogP contribution in [0.5, 0.6) is 5.75 Å². The van der Waals surface area contributed by atoms with Gasteiger partial charge in [-0.3, -0.25) is 14.4 Å². The fourth-order valence-electron chi connectivity index (χ4n) is 3.89. The molecule has 7 nitrogen and oxygen atoms in total. The molecule has 0 radical (unpaired) electrons. The molecule has 0 saturated carbocycles. The summed E-state index contributed by atoms with van der Waals surface area (Å²) in [7, 11) is 0. The molecule has 29 heavy (non-hydrogen) atoms. The summed E-state index contributed by atoms with van der Waals surface area (Å²) in [5.74, 6) is -0.254. The minimum Gasteiger partial charge on any atom is -0.484 e. The molecule has 3 amide bonds. The average molecular weight is 413 g/mol. The first-order valence-corrected chi connectivity index (χ1v) is 10.6. The van der Waals surface area contributed by atoms with Gasteiger partial charge in [-0.15, -0.1) is 11.3 Å². The second kappa shape index (κ2) is 8.24. The number of carbonyl (C=O) groups is 3. The van der Waals surface area contributed by atoms with Gasteiger partial charge in [0.1, 0.15) is 10.8 Å². The quantitative estimate of drug-likeness (QED) is 0.760. The van der Waals surface area contributed by atoms with E-state index in [0.717, 1.165) is 48.2 Å². The van der Waals surface area contributed by atoms with Crippen molar-refractivity contribution in [3.8, 4) is 5.75 Å². The summed E-state index contributed by atoms with van der Waals surface area (Å²) in [5, 5.41) is 3.29. The van der Waals surface area contributed by atoms with E-state index in [1.54, 1.807) is 23.1 Å². The van der Waals surface area contributed by atoms with Crippen molar-refractivity contribution in [3.05, 3.63) is 40.3 Å². The minimum absolute atomic E-state index is 0.0977. The predicted molar refractivity (Wildman–Crippen MR) is 112 cm³/mol. The lowest BCUT2D eigenvalue weighted by atomic mass is 9.95. The van der Waals surface area contributed by atoms with Crippen LogP contribution >= 0.6 is 11.3 Å². The number of nitrogens with zero attached hydrogens (tertiary/aromatic N) is 1. The number of thiophene rings is 1. The van der Waals surface area contributed by atoms with Crippen molar-refractivity contribution in [1.29, 1.82) is 0 Å². The van der Waals surface area contributed by atoms with Crippen molar-refractivity contribution in [2.24, 2.45) is 5.73 Å². The fraction of sp³-hybridized carbons (Fsp3) is 0.381. The standard InChI is InChI=1S/C21H23N3O4S/c22-20(27)19-15-7-1-2-8-16(15)29-21(19)23-17(25)12-28-14-6-3-5-13(11-14)24-10-4-9-18(24)26/h3,5-6,11H,1-2,4,7-10,12H2,(H2,22,27)(H,23,25). The molecule has 2 aromatic rings. The summed E-state index contributed by atoms with van der Waals surface area (Å²) in [6, 6.07) is 7.16. The Morgan fingerprint density at radius 2 is 2.00 bits per heavy atom. The number of carbonyl (C=O) groups excluding carboxylic acids is 3. The number of ether oxygens (including phenoxy) is 1. The van der Waals surface area contributed by atoms with Crippen LogP contribution in [0.3, 0.4) is 0 Å². The van der Waals surface area contributed by atoms with Gasteiger partial charge in [0.05, 0.1) is 5.56 Å². The van der Waals surface area contributed by atoms with E-state index in [1.165, 1.54) is 11.3 Å². The third-order valence-electron chi connectivity index (χ3n) is 5.24. The molecule has 1 aromatic carbocycles. The molecule has 0 spiro atoms. The average Bonchev–Trinajstić information content (AvgIpc) is 3.29. The predicted octanol–water partition coefficient (Wildman–Crippen LogP) is 2.87. The summed E-state index contributed by atoms with van der Waals surface area (Å²) in [6.45, 7) is 0.500.